The molecule has 0 unspecified atom stereocenters. The van der Waals surface area contributed by atoms with E-state index in [0.29, 0.717) is 6.54 Å². The summed E-state index contributed by atoms with van der Waals surface area (Å²) in [6, 6.07) is -0.139. The number of nitrogens with zero attached hydrogens (tertiary/aromatic N) is 1. The summed E-state index contributed by atoms with van der Waals surface area (Å²) in [7, 11) is 0. The van der Waals surface area contributed by atoms with E-state index in [0.717, 1.165) is 39.3 Å². The third-order valence-corrected chi connectivity index (χ3v) is 2.42. The van der Waals surface area contributed by atoms with Crippen LogP contribution < -0.4 is 10.6 Å². The van der Waals surface area contributed by atoms with Gasteiger partial charge in [0.25, 0.3) is 0 Å². The smallest absolute Gasteiger partial charge is 0.318 e. The molecule has 0 aromatic heterocycles. The van der Waals surface area contributed by atoms with Crippen LogP contribution in [0.3, 0.4) is 0 Å². The molecular weight excluding hydrogens is 206 g/mol. The summed E-state index contributed by atoms with van der Waals surface area (Å²) in [5.41, 5.74) is 0. The minimum atomic E-state index is -0.139. The number of morpholine rings is 1. The van der Waals surface area contributed by atoms with Crippen LogP contribution in [0.15, 0.2) is 12.3 Å². The number of rotatable bonds is 5. The first-order valence-electron chi connectivity index (χ1n) is 5.78. The lowest BCUT2D eigenvalue weighted by atomic mass is 10.3. The number of hydrogen-bond acceptors (Lipinski definition) is 3. The van der Waals surface area contributed by atoms with Gasteiger partial charge in [-0.05, 0) is 19.9 Å². The molecule has 0 spiro atoms. The van der Waals surface area contributed by atoms with Gasteiger partial charge >= 0.3 is 6.03 Å². The Kier molecular flexibility index (Phi) is 6.60. The summed E-state index contributed by atoms with van der Waals surface area (Å²) in [5, 5.41) is 5.40. The molecule has 5 nitrogen and oxygen atoms in total. The fourth-order valence-corrected chi connectivity index (χ4v) is 1.54. The van der Waals surface area contributed by atoms with Crippen molar-refractivity contribution in [2.75, 3.05) is 39.4 Å². The number of nitrogens with one attached hydrogen (secondary N) is 2. The summed E-state index contributed by atoms with van der Waals surface area (Å²) in [5.74, 6) is 0. The quantitative estimate of drug-likeness (QED) is 0.674. The van der Waals surface area contributed by atoms with Crippen molar-refractivity contribution in [2.24, 2.45) is 0 Å². The van der Waals surface area contributed by atoms with E-state index in [4.69, 9.17) is 4.74 Å². The lowest BCUT2D eigenvalue weighted by molar-refractivity contribution is 0.0375. The lowest BCUT2D eigenvalue weighted by Gasteiger charge is -2.26. The Morgan fingerprint density at radius 1 is 1.44 bits per heavy atom. The van der Waals surface area contributed by atoms with Gasteiger partial charge in [-0.2, -0.15) is 0 Å². The Labute approximate surface area is 96.8 Å². The van der Waals surface area contributed by atoms with E-state index in [1.54, 1.807) is 12.3 Å². The summed E-state index contributed by atoms with van der Waals surface area (Å²) in [6.07, 6.45) is 4.38. The van der Waals surface area contributed by atoms with Gasteiger partial charge < -0.3 is 15.4 Å². The fraction of sp³-hybridized carbons (Fsp3) is 0.727. The van der Waals surface area contributed by atoms with E-state index in [2.05, 4.69) is 15.5 Å². The van der Waals surface area contributed by atoms with E-state index in [1.165, 1.54) is 0 Å². The average Bonchev–Trinajstić information content (AvgIpc) is 2.33. The second-order valence-corrected chi connectivity index (χ2v) is 3.71. The Bertz CT molecular complexity index is 225. The number of amides is 2. The molecule has 1 aliphatic rings. The van der Waals surface area contributed by atoms with Crippen LogP contribution in [0.1, 0.15) is 13.3 Å². The van der Waals surface area contributed by atoms with Crippen molar-refractivity contribution in [2.45, 2.75) is 13.3 Å². The molecule has 0 aromatic rings. The molecule has 5 heteroatoms. The van der Waals surface area contributed by atoms with Crippen LogP contribution in [0.4, 0.5) is 4.79 Å². The van der Waals surface area contributed by atoms with Gasteiger partial charge in [-0.3, -0.25) is 4.90 Å². The van der Waals surface area contributed by atoms with E-state index < -0.39 is 0 Å². The highest BCUT2D eigenvalue weighted by molar-refractivity contribution is 5.74. The highest BCUT2D eigenvalue weighted by Gasteiger charge is 2.09. The van der Waals surface area contributed by atoms with Crippen molar-refractivity contribution < 1.29 is 9.53 Å². The molecule has 92 valence electrons. The van der Waals surface area contributed by atoms with Crippen molar-refractivity contribution in [1.82, 2.24) is 15.5 Å². The van der Waals surface area contributed by atoms with E-state index in [-0.39, 0.29) is 6.03 Å². The van der Waals surface area contributed by atoms with Crippen LogP contribution in [0.25, 0.3) is 0 Å². The van der Waals surface area contributed by atoms with Crippen molar-refractivity contribution in [3.63, 3.8) is 0 Å². The molecule has 1 heterocycles. The largest absolute Gasteiger partial charge is 0.379 e. The van der Waals surface area contributed by atoms with E-state index in [9.17, 15) is 4.79 Å². The molecular formula is C11H21N3O2. The first-order valence-corrected chi connectivity index (χ1v) is 5.78. The zero-order valence-electron chi connectivity index (χ0n) is 9.87. The number of hydrogen-bond donors (Lipinski definition) is 2. The first kappa shape index (κ1) is 13.0. The van der Waals surface area contributed by atoms with Crippen LogP contribution >= 0.6 is 0 Å². The van der Waals surface area contributed by atoms with Crippen molar-refractivity contribution in [1.29, 1.82) is 0 Å². The Balaban J connectivity index is 1.96. The molecule has 1 aliphatic heterocycles. The number of urea groups is 1. The molecule has 2 amide bonds. The number of ether oxygens (including phenoxy) is 1. The molecule has 0 saturated carbocycles. The molecule has 1 rings (SSSR count). The summed E-state index contributed by atoms with van der Waals surface area (Å²) < 4.78 is 5.26. The zero-order chi connectivity index (χ0) is 11.6. The standard InChI is InChI=1S/C11H21N3O2/c1-2-4-12-11(15)13-5-3-6-14-7-9-16-10-8-14/h2,4H,3,5-10H2,1H3,(H2,12,13,15)/b4-2+. The van der Waals surface area contributed by atoms with Crippen LogP contribution in [-0.4, -0.2) is 50.3 Å². The third kappa shape index (κ3) is 5.72. The molecule has 0 aliphatic carbocycles. The number of allylic oxidation sites excluding steroid dienone is 1. The van der Waals surface area contributed by atoms with Gasteiger partial charge in [-0.1, -0.05) is 6.08 Å². The third-order valence-electron chi connectivity index (χ3n) is 2.42. The minimum Gasteiger partial charge on any atom is -0.379 e. The van der Waals surface area contributed by atoms with Crippen molar-refractivity contribution >= 4 is 6.03 Å². The molecule has 2 N–H and O–H groups in total. The maximum Gasteiger partial charge on any atom is 0.318 e. The average molecular weight is 227 g/mol. The van der Waals surface area contributed by atoms with Crippen molar-refractivity contribution in [3.05, 3.63) is 12.3 Å². The zero-order valence-corrected chi connectivity index (χ0v) is 9.87. The topological polar surface area (TPSA) is 53.6 Å². The molecule has 16 heavy (non-hydrogen) atoms. The van der Waals surface area contributed by atoms with Gasteiger partial charge in [0.15, 0.2) is 0 Å². The Hall–Kier alpha value is -1.07. The van der Waals surface area contributed by atoms with Gasteiger partial charge in [0, 0.05) is 25.8 Å². The molecule has 1 fully saturated rings. The SMILES string of the molecule is C/C=C/NC(=O)NCCCN1CCOCC1. The summed E-state index contributed by atoms with van der Waals surface area (Å²) >= 11 is 0. The van der Waals surface area contributed by atoms with E-state index in [1.807, 2.05) is 6.92 Å². The molecule has 0 radical (unpaired) electrons. The summed E-state index contributed by atoms with van der Waals surface area (Å²) in [6.45, 7) is 7.26. The maximum absolute atomic E-state index is 11.1. The van der Waals surface area contributed by atoms with Crippen molar-refractivity contribution in [3.8, 4) is 0 Å². The molecule has 1 saturated heterocycles. The summed E-state index contributed by atoms with van der Waals surface area (Å²) in [4.78, 5) is 13.5. The van der Waals surface area contributed by atoms with Crippen LogP contribution in [0, 0.1) is 0 Å². The Morgan fingerprint density at radius 3 is 2.88 bits per heavy atom. The van der Waals surface area contributed by atoms with Gasteiger partial charge in [-0.15, -0.1) is 0 Å². The minimum absolute atomic E-state index is 0.139. The highest BCUT2D eigenvalue weighted by atomic mass is 16.5. The van der Waals surface area contributed by atoms with Gasteiger partial charge in [0.2, 0.25) is 0 Å². The number of carbonyl (C=O) groups excluding carboxylic acids is 1. The Morgan fingerprint density at radius 2 is 2.19 bits per heavy atom. The lowest BCUT2D eigenvalue weighted by Crippen LogP contribution is -2.39. The predicted octanol–water partition coefficient (Wildman–Crippen LogP) is 0.541. The number of carbonyl (C=O) groups is 1. The second kappa shape index (κ2) is 8.13. The molecule has 0 aromatic carbocycles. The predicted molar refractivity (Wildman–Crippen MR) is 63.2 cm³/mol. The van der Waals surface area contributed by atoms with Crippen LogP contribution in [0.2, 0.25) is 0 Å². The monoisotopic (exact) mass is 227 g/mol. The van der Waals surface area contributed by atoms with Gasteiger partial charge in [0.1, 0.15) is 0 Å². The van der Waals surface area contributed by atoms with Crippen LogP contribution in [-0.2, 0) is 4.74 Å². The van der Waals surface area contributed by atoms with Gasteiger partial charge in [-0.25, -0.2) is 4.79 Å². The van der Waals surface area contributed by atoms with Crippen LogP contribution in [0.5, 0.6) is 0 Å². The molecule has 0 bridgehead atoms. The second-order valence-electron chi connectivity index (χ2n) is 3.71. The normalized spacial score (nSPS) is 17.6. The maximum atomic E-state index is 11.1. The van der Waals surface area contributed by atoms with E-state index >= 15 is 0 Å². The van der Waals surface area contributed by atoms with Gasteiger partial charge in [0.05, 0.1) is 13.2 Å². The molecule has 0 atom stereocenters. The first-order chi connectivity index (χ1) is 7.83. The fourth-order valence-electron chi connectivity index (χ4n) is 1.54. The highest BCUT2D eigenvalue weighted by Crippen LogP contribution is 1.97.